The number of nitrogens with one attached hydrogen (secondary N) is 2. The van der Waals surface area contributed by atoms with Crippen molar-refractivity contribution < 1.29 is 8.83 Å². The van der Waals surface area contributed by atoms with Crippen LogP contribution in [-0.4, -0.2) is 6.54 Å². The third kappa shape index (κ3) is 4.25. The maximum atomic E-state index is 5.47. The number of hydrogen-bond donors (Lipinski definition) is 2. The van der Waals surface area contributed by atoms with E-state index in [1.165, 1.54) is 5.56 Å². The summed E-state index contributed by atoms with van der Waals surface area (Å²) in [6.45, 7) is 4.66. The molecule has 0 aliphatic carbocycles. The molecule has 2 heterocycles. The minimum atomic E-state index is 0.725. The molecular formula is C13H18N2O2S. The highest BCUT2D eigenvalue weighted by atomic mass is 32.2. The van der Waals surface area contributed by atoms with Crippen LogP contribution in [0.25, 0.3) is 0 Å². The molecule has 0 fully saturated rings. The molecule has 0 saturated heterocycles. The SMILES string of the molecule is CCNCc1coc(CSNCc2ccco2)c1. The first-order valence-electron chi connectivity index (χ1n) is 6.02. The first kappa shape index (κ1) is 13.3. The lowest BCUT2D eigenvalue weighted by Crippen LogP contribution is -2.10. The molecule has 5 heteroatoms. The quantitative estimate of drug-likeness (QED) is 0.568. The van der Waals surface area contributed by atoms with E-state index in [2.05, 4.69) is 23.0 Å². The van der Waals surface area contributed by atoms with Gasteiger partial charge in [0.05, 0.1) is 24.8 Å². The van der Waals surface area contributed by atoms with Crippen LogP contribution in [0.5, 0.6) is 0 Å². The fourth-order valence-electron chi connectivity index (χ4n) is 1.52. The zero-order chi connectivity index (χ0) is 12.6. The van der Waals surface area contributed by atoms with Gasteiger partial charge in [-0.05, 0) is 24.7 Å². The molecule has 4 nitrogen and oxygen atoms in total. The van der Waals surface area contributed by atoms with E-state index in [-0.39, 0.29) is 0 Å². The minimum absolute atomic E-state index is 0.725. The first-order chi connectivity index (χ1) is 8.88. The lowest BCUT2D eigenvalue weighted by Gasteiger charge is -1.99. The van der Waals surface area contributed by atoms with Gasteiger partial charge in [0, 0.05) is 12.1 Å². The molecular weight excluding hydrogens is 248 g/mol. The molecule has 2 aromatic rings. The van der Waals surface area contributed by atoms with Crippen molar-refractivity contribution >= 4 is 11.9 Å². The highest BCUT2D eigenvalue weighted by Crippen LogP contribution is 2.14. The number of hydrogen-bond acceptors (Lipinski definition) is 5. The molecule has 0 saturated carbocycles. The molecule has 0 atom stereocenters. The van der Waals surface area contributed by atoms with E-state index in [0.29, 0.717) is 0 Å². The smallest absolute Gasteiger partial charge is 0.118 e. The van der Waals surface area contributed by atoms with Gasteiger partial charge in [0.2, 0.25) is 0 Å². The van der Waals surface area contributed by atoms with Crippen LogP contribution in [0, 0.1) is 0 Å². The van der Waals surface area contributed by atoms with Crippen LogP contribution in [0.2, 0.25) is 0 Å². The fourth-order valence-corrected chi connectivity index (χ4v) is 2.16. The van der Waals surface area contributed by atoms with Gasteiger partial charge in [-0.2, -0.15) is 0 Å². The molecule has 0 aromatic carbocycles. The van der Waals surface area contributed by atoms with Gasteiger partial charge >= 0.3 is 0 Å². The molecule has 0 aliphatic rings. The van der Waals surface area contributed by atoms with Crippen molar-refractivity contribution in [1.82, 2.24) is 10.0 Å². The molecule has 0 aliphatic heterocycles. The van der Waals surface area contributed by atoms with Crippen LogP contribution in [0.3, 0.4) is 0 Å². The van der Waals surface area contributed by atoms with Gasteiger partial charge in [-0.3, -0.25) is 4.72 Å². The second-order valence-corrected chi connectivity index (χ2v) is 4.76. The van der Waals surface area contributed by atoms with Crippen molar-refractivity contribution in [2.24, 2.45) is 0 Å². The molecule has 0 bridgehead atoms. The molecule has 0 unspecified atom stereocenters. The summed E-state index contributed by atoms with van der Waals surface area (Å²) in [4.78, 5) is 0. The van der Waals surface area contributed by atoms with E-state index in [1.807, 2.05) is 18.4 Å². The van der Waals surface area contributed by atoms with E-state index in [1.54, 1.807) is 18.2 Å². The second-order valence-electron chi connectivity index (χ2n) is 3.89. The van der Waals surface area contributed by atoms with Crippen LogP contribution in [0.4, 0.5) is 0 Å². The standard InChI is InChI=1S/C13H18N2O2S/c1-2-14-7-11-6-13(17-9-11)10-18-15-8-12-4-3-5-16-12/h3-6,9,14-15H,2,7-8,10H2,1H3. The highest BCUT2D eigenvalue weighted by molar-refractivity contribution is 7.96. The van der Waals surface area contributed by atoms with Gasteiger partial charge in [-0.15, -0.1) is 0 Å². The third-order valence-corrected chi connectivity index (χ3v) is 3.21. The summed E-state index contributed by atoms with van der Waals surface area (Å²) in [6, 6.07) is 5.93. The van der Waals surface area contributed by atoms with E-state index >= 15 is 0 Å². The van der Waals surface area contributed by atoms with Gasteiger partial charge in [0.1, 0.15) is 11.5 Å². The second kappa shape index (κ2) is 7.31. The molecule has 2 aromatic heterocycles. The van der Waals surface area contributed by atoms with Crippen molar-refractivity contribution in [3.63, 3.8) is 0 Å². The van der Waals surface area contributed by atoms with Crippen LogP contribution < -0.4 is 10.0 Å². The minimum Gasteiger partial charge on any atom is -0.468 e. The summed E-state index contributed by atoms with van der Waals surface area (Å²) in [6.07, 6.45) is 3.49. The van der Waals surface area contributed by atoms with E-state index < -0.39 is 0 Å². The van der Waals surface area contributed by atoms with Gasteiger partial charge in [-0.1, -0.05) is 18.9 Å². The fraction of sp³-hybridized carbons (Fsp3) is 0.385. The summed E-state index contributed by atoms with van der Waals surface area (Å²) in [5.74, 6) is 2.74. The van der Waals surface area contributed by atoms with Gasteiger partial charge in [0.15, 0.2) is 0 Å². The largest absolute Gasteiger partial charge is 0.468 e. The van der Waals surface area contributed by atoms with Crippen LogP contribution in [0.1, 0.15) is 24.0 Å². The van der Waals surface area contributed by atoms with E-state index in [9.17, 15) is 0 Å². The van der Waals surface area contributed by atoms with Gasteiger partial charge in [-0.25, -0.2) is 0 Å². The summed E-state index contributed by atoms with van der Waals surface area (Å²) in [7, 11) is 0. The maximum Gasteiger partial charge on any atom is 0.118 e. The maximum absolute atomic E-state index is 5.47. The lowest BCUT2D eigenvalue weighted by atomic mass is 10.3. The molecule has 98 valence electrons. The predicted octanol–water partition coefficient (Wildman–Crippen LogP) is 2.92. The van der Waals surface area contributed by atoms with Crippen LogP contribution in [0.15, 0.2) is 39.6 Å². The van der Waals surface area contributed by atoms with E-state index in [0.717, 1.165) is 36.9 Å². The van der Waals surface area contributed by atoms with E-state index in [4.69, 9.17) is 8.83 Å². The van der Waals surface area contributed by atoms with Crippen molar-refractivity contribution in [1.29, 1.82) is 0 Å². The Hall–Kier alpha value is -1.17. The molecule has 18 heavy (non-hydrogen) atoms. The first-order valence-corrected chi connectivity index (χ1v) is 7.01. The lowest BCUT2D eigenvalue weighted by molar-refractivity contribution is 0.506. The van der Waals surface area contributed by atoms with Crippen molar-refractivity contribution in [3.05, 3.63) is 47.8 Å². The summed E-state index contributed by atoms with van der Waals surface area (Å²) < 4.78 is 13.9. The third-order valence-electron chi connectivity index (χ3n) is 2.43. The normalized spacial score (nSPS) is 10.9. The highest BCUT2D eigenvalue weighted by Gasteiger charge is 2.02. The van der Waals surface area contributed by atoms with Crippen molar-refractivity contribution in [2.75, 3.05) is 6.54 Å². The topological polar surface area (TPSA) is 50.3 Å². The van der Waals surface area contributed by atoms with Crippen molar-refractivity contribution in [2.45, 2.75) is 25.8 Å². The Morgan fingerprint density at radius 1 is 1.22 bits per heavy atom. The molecule has 2 N–H and O–H groups in total. The monoisotopic (exact) mass is 266 g/mol. The Morgan fingerprint density at radius 2 is 2.17 bits per heavy atom. The number of rotatable bonds is 8. The molecule has 0 amide bonds. The Bertz CT molecular complexity index is 440. The van der Waals surface area contributed by atoms with Gasteiger partial charge < -0.3 is 14.2 Å². The zero-order valence-electron chi connectivity index (χ0n) is 10.4. The van der Waals surface area contributed by atoms with Crippen LogP contribution >= 0.6 is 11.9 Å². The average Bonchev–Trinajstić information content (AvgIpc) is 3.04. The summed E-state index contributed by atoms with van der Waals surface area (Å²) in [5, 5.41) is 3.27. The number of furan rings is 2. The van der Waals surface area contributed by atoms with Gasteiger partial charge in [0.25, 0.3) is 0 Å². The molecule has 0 spiro atoms. The Kier molecular flexibility index (Phi) is 5.38. The van der Waals surface area contributed by atoms with Crippen LogP contribution in [-0.2, 0) is 18.8 Å². The zero-order valence-corrected chi connectivity index (χ0v) is 11.3. The molecule has 2 rings (SSSR count). The Balaban J connectivity index is 1.65. The molecule has 0 radical (unpaired) electrons. The summed E-state index contributed by atoms with van der Waals surface area (Å²) in [5.41, 5.74) is 1.19. The van der Waals surface area contributed by atoms with Crippen molar-refractivity contribution in [3.8, 4) is 0 Å². The summed E-state index contributed by atoms with van der Waals surface area (Å²) >= 11 is 1.62. The Morgan fingerprint density at radius 3 is 2.94 bits per heavy atom. The average molecular weight is 266 g/mol. The Labute approximate surface area is 111 Å². The predicted molar refractivity (Wildman–Crippen MR) is 72.9 cm³/mol.